The van der Waals surface area contributed by atoms with E-state index in [9.17, 15) is 4.79 Å². The minimum Gasteiger partial charge on any atom is -0.379 e. The summed E-state index contributed by atoms with van der Waals surface area (Å²) >= 11 is 1.58. The number of carbonyl (C=O) groups excluding carboxylic acids is 1. The predicted octanol–water partition coefficient (Wildman–Crippen LogP) is 3.11. The highest BCUT2D eigenvalue weighted by Crippen LogP contribution is 2.33. The molecule has 0 atom stereocenters. The second kappa shape index (κ2) is 8.61. The Kier molecular flexibility index (Phi) is 5.94. The summed E-state index contributed by atoms with van der Waals surface area (Å²) in [6.07, 6.45) is 1.85. The fourth-order valence-corrected chi connectivity index (χ4v) is 4.64. The molecule has 2 aromatic heterocycles. The summed E-state index contributed by atoms with van der Waals surface area (Å²) in [7, 11) is 0. The smallest absolute Gasteiger partial charge is 0.280 e. The topological polar surface area (TPSA) is 63.5 Å². The number of fused-ring (bicyclic) bond motifs is 1. The quantitative estimate of drug-likeness (QED) is 0.621. The van der Waals surface area contributed by atoms with E-state index in [0.29, 0.717) is 12.2 Å². The summed E-state index contributed by atoms with van der Waals surface area (Å²) in [5.41, 5.74) is 3.75. The van der Waals surface area contributed by atoms with Crippen LogP contribution in [0.25, 0.3) is 10.2 Å². The number of nitrogens with zero attached hydrogens (tertiary/aromatic N) is 5. The number of hydrogen-bond donors (Lipinski definition) is 0. The fraction of sp³-hybridized carbons (Fsp3) is 0.476. The first-order valence-corrected chi connectivity index (χ1v) is 10.9. The summed E-state index contributed by atoms with van der Waals surface area (Å²) in [5, 5.41) is 5.17. The lowest BCUT2D eigenvalue weighted by Crippen LogP contribution is -2.43. The lowest BCUT2D eigenvalue weighted by atomic mass is 10.1. The van der Waals surface area contributed by atoms with Gasteiger partial charge in [-0.3, -0.25) is 19.3 Å². The Labute approximate surface area is 174 Å². The first kappa shape index (κ1) is 20.0. The highest BCUT2D eigenvalue weighted by atomic mass is 32.1. The van der Waals surface area contributed by atoms with Crippen molar-refractivity contribution in [2.45, 2.75) is 27.3 Å². The molecule has 1 amide bonds. The Hall–Kier alpha value is -2.29. The molecule has 0 aliphatic carbocycles. The number of ether oxygens (including phenoxy) is 1. The largest absolute Gasteiger partial charge is 0.379 e. The van der Waals surface area contributed by atoms with E-state index in [1.54, 1.807) is 27.0 Å². The van der Waals surface area contributed by atoms with Crippen molar-refractivity contribution in [2.75, 3.05) is 44.3 Å². The minimum absolute atomic E-state index is 0.0974. The Morgan fingerprint density at radius 3 is 2.66 bits per heavy atom. The SMILES string of the molecule is CCn1ccc(C(=O)N(CCN2CCOCC2)c2nc3c(C)ccc(C)c3s2)n1. The van der Waals surface area contributed by atoms with Gasteiger partial charge in [-0.1, -0.05) is 23.5 Å². The average Bonchev–Trinajstić information content (AvgIpc) is 3.40. The molecule has 3 aromatic rings. The number of thiazole rings is 1. The van der Waals surface area contributed by atoms with Gasteiger partial charge in [-0.05, 0) is 38.0 Å². The Morgan fingerprint density at radius 1 is 1.21 bits per heavy atom. The summed E-state index contributed by atoms with van der Waals surface area (Å²) in [6.45, 7) is 11.5. The minimum atomic E-state index is -0.0974. The molecule has 29 heavy (non-hydrogen) atoms. The van der Waals surface area contributed by atoms with Crippen molar-refractivity contribution in [3.05, 3.63) is 41.2 Å². The molecule has 8 heteroatoms. The average molecular weight is 414 g/mol. The molecule has 0 spiro atoms. The molecule has 0 N–H and O–H groups in total. The highest BCUT2D eigenvalue weighted by molar-refractivity contribution is 7.22. The standard InChI is InChI=1S/C21H27N5O2S/c1-4-25-8-7-17(23-25)20(27)26(10-9-24-11-13-28-14-12-24)21-22-18-15(2)5-6-16(3)19(18)29-21/h5-8H,4,9-14H2,1-3H3. The third-order valence-corrected chi connectivity index (χ3v) is 6.55. The highest BCUT2D eigenvalue weighted by Gasteiger charge is 2.25. The molecular formula is C21H27N5O2S. The Bertz CT molecular complexity index is 967. The molecule has 1 saturated heterocycles. The molecule has 0 unspecified atom stereocenters. The lowest BCUT2D eigenvalue weighted by molar-refractivity contribution is 0.0391. The maximum absolute atomic E-state index is 13.4. The molecule has 1 aliphatic rings. The van der Waals surface area contributed by atoms with Crippen LogP contribution in [-0.4, -0.2) is 65.0 Å². The van der Waals surface area contributed by atoms with Gasteiger partial charge < -0.3 is 4.74 Å². The van der Waals surface area contributed by atoms with Gasteiger partial charge in [-0.15, -0.1) is 0 Å². The number of rotatable bonds is 6. The molecule has 0 bridgehead atoms. The van der Waals surface area contributed by atoms with Crippen molar-refractivity contribution in [2.24, 2.45) is 0 Å². The van der Waals surface area contributed by atoms with Crippen LogP contribution in [0.5, 0.6) is 0 Å². The van der Waals surface area contributed by atoms with Crippen molar-refractivity contribution in [1.82, 2.24) is 19.7 Å². The van der Waals surface area contributed by atoms with Crippen LogP contribution in [0.15, 0.2) is 24.4 Å². The number of amides is 1. The van der Waals surface area contributed by atoms with Crippen molar-refractivity contribution >= 4 is 32.6 Å². The number of aryl methyl sites for hydroxylation is 3. The van der Waals surface area contributed by atoms with Crippen LogP contribution in [0.3, 0.4) is 0 Å². The van der Waals surface area contributed by atoms with E-state index in [-0.39, 0.29) is 5.91 Å². The third kappa shape index (κ3) is 4.19. The van der Waals surface area contributed by atoms with Gasteiger partial charge in [0.2, 0.25) is 0 Å². The van der Waals surface area contributed by atoms with Gasteiger partial charge in [0.1, 0.15) is 0 Å². The number of carbonyl (C=O) groups is 1. The molecule has 7 nitrogen and oxygen atoms in total. The third-order valence-electron chi connectivity index (χ3n) is 5.33. The van der Waals surface area contributed by atoms with Gasteiger partial charge in [0.05, 0.1) is 23.4 Å². The van der Waals surface area contributed by atoms with E-state index in [1.807, 2.05) is 13.1 Å². The predicted molar refractivity (Wildman–Crippen MR) is 116 cm³/mol. The fourth-order valence-electron chi connectivity index (χ4n) is 3.50. The van der Waals surface area contributed by atoms with Gasteiger partial charge >= 0.3 is 0 Å². The summed E-state index contributed by atoms with van der Waals surface area (Å²) < 4.78 is 8.36. The normalized spacial score (nSPS) is 15.1. The van der Waals surface area contributed by atoms with Crippen LogP contribution in [0.1, 0.15) is 28.5 Å². The van der Waals surface area contributed by atoms with Crippen molar-refractivity contribution < 1.29 is 9.53 Å². The zero-order chi connectivity index (χ0) is 20.4. The number of aromatic nitrogens is 3. The number of morpholine rings is 1. The molecule has 1 aromatic carbocycles. The van der Waals surface area contributed by atoms with Gasteiger partial charge in [0, 0.05) is 38.9 Å². The zero-order valence-corrected chi connectivity index (χ0v) is 18.0. The van der Waals surface area contributed by atoms with Gasteiger partial charge in [-0.25, -0.2) is 4.98 Å². The first-order chi connectivity index (χ1) is 14.1. The van der Waals surface area contributed by atoms with Gasteiger partial charge in [-0.2, -0.15) is 5.10 Å². The van der Waals surface area contributed by atoms with Crippen LogP contribution in [0.2, 0.25) is 0 Å². The zero-order valence-electron chi connectivity index (χ0n) is 17.2. The maximum atomic E-state index is 13.4. The molecule has 0 radical (unpaired) electrons. The Morgan fingerprint density at radius 2 is 1.97 bits per heavy atom. The van der Waals surface area contributed by atoms with E-state index in [1.165, 1.54) is 5.56 Å². The van der Waals surface area contributed by atoms with Crippen LogP contribution in [0, 0.1) is 13.8 Å². The van der Waals surface area contributed by atoms with E-state index in [2.05, 4.69) is 36.0 Å². The maximum Gasteiger partial charge on any atom is 0.280 e. The van der Waals surface area contributed by atoms with Gasteiger partial charge in [0.15, 0.2) is 10.8 Å². The van der Waals surface area contributed by atoms with Crippen molar-refractivity contribution in [3.8, 4) is 0 Å². The van der Waals surface area contributed by atoms with E-state index < -0.39 is 0 Å². The van der Waals surface area contributed by atoms with Crippen LogP contribution >= 0.6 is 11.3 Å². The number of anilines is 1. The summed E-state index contributed by atoms with van der Waals surface area (Å²) in [4.78, 5) is 22.3. The second-order valence-corrected chi connectivity index (χ2v) is 8.32. The molecule has 3 heterocycles. The monoisotopic (exact) mass is 413 g/mol. The first-order valence-electron chi connectivity index (χ1n) is 10.1. The van der Waals surface area contributed by atoms with E-state index >= 15 is 0 Å². The molecule has 1 aliphatic heterocycles. The van der Waals surface area contributed by atoms with Crippen LogP contribution in [-0.2, 0) is 11.3 Å². The Balaban J connectivity index is 1.66. The van der Waals surface area contributed by atoms with E-state index in [4.69, 9.17) is 9.72 Å². The molecule has 1 fully saturated rings. The number of hydrogen-bond acceptors (Lipinski definition) is 6. The molecule has 4 rings (SSSR count). The van der Waals surface area contributed by atoms with Crippen molar-refractivity contribution in [3.63, 3.8) is 0 Å². The molecule has 0 saturated carbocycles. The van der Waals surface area contributed by atoms with Crippen molar-refractivity contribution in [1.29, 1.82) is 0 Å². The van der Waals surface area contributed by atoms with Gasteiger partial charge in [0.25, 0.3) is 5.91 Å². The number of benzene rings is 1. The lowest BCUT2D eigenvalue weighted by Gasteiger charge is -2.29. The van der Waals surface area contributed by atoms with E-state index in [0.717, 1.165) is 60.3 Å². The van der Waals surface area contributed by atoms with Crippen LogP contribution in [0.4, 0.5) is 5.13 Å². The summed E-state index contributed by atoms with van der Waals surface area (Å²) in [5.74, 6) is -0.0974. The molecular weight excluding hydrogens is 386 g/mol. The van der Waals surface area contributed by atoms with Crippen LogP contribution < -0.4 is 4.90 Å². The second-order valence-electron chi connectivity index (χ2n) is 7.34. The summed E-state index contributed by atoms with van der Waals surface area (Å²) in [6, 6.07) is 5.99. The molecule has 154 valence electrons.